The molecule has 2 aromatic carbocycles. The number of esters is 2. The first-order chi connectivity index (χ1) is 53.5. The van der Waals surface area contributed by atoms with Crippen molar-refractivity contribution in [2.75, 3.05) is 0 Å². The Hall–Kier alpha value is -1.44. The van der Waals surface area contributed by atoms with Crippen LogP contribution >= 0.6 is 54.5 Å². The summed E-state index contributed by atoms with van der Waals surface area (Å²) in [5.41, 5.74) is 0.997. The van der Waals surface area contributed by atoms with E-state index in [4.69, 9.17) is 55.0 Å². The SMILES string of the molecule is C=C(Br)C[C@@H](CCC(O)/C=C/[C@H](O[Si](C)(C)C(C)(C)C)[C@@H]1O[C@H]2CC[C@H](CCC)O[C@@H]2[C@H](O[Si](C)(C)C(C)(C)C)[C@@H]1O[Si](C)(C)C(C)(C)C)OC(=O)c1ccccc1.C=C(Br)C[C@@H](CCC=O)OC(=O)c1ccccc1.CCC[C@H]1CC[C@@H]2O[C@@H]([C@H](/C=C/I)O[Si](C)(C)C(C)(C)C)[C@@H](O[Si](C)(C)C(C)(C)C)[C@@H](O[Si](C)(C)C(C)(C)C)[C@H]2O1. The molecule has 4 heterocycles. The van der Waals surface area contributed by atoms with Crippen molar-refractivity contribution in [2.45, 2.75) is 441 Å². The lowest BCUT2D eigenvalue weighted by Crippen LogP contribution is -2.69. The highest BCUT2D eigenvalue weighted by Crippen LogP contribution is 2.51. The lowest BCUT2D eigenvalue weighted by molar-refractivity contribution is -0.267. The summed E-state index contributed by atoms with van der Waals surface area (Å²) in [7, 11) is -13.7. The number of benzene rings is 2. The highest BCUT2D eigenvalue weighted by Gasteiger charge is 2.60. The molecule has 17 atom stereocenters. The number of aliphatic hydroxyl groups excluding tert-OH is 1. The predicted octanol–water partition coefficient (Wildman–Crippen LogP) is 26.2. The molecule has 2 aromatic rings. The van der Waals surface area contributed by atoms with Crippen LogP contribution in [0.1, 0.15) is 249 Å². The van der Waals surface area contributed by atoms with E-state index in [1.54, 1.807) is 36.4 Å². The van der Waals surface area contributed by atoms with Gasteiger partial charge in [0.15, 0.2) is 49.9 Å². The van der Waals surface area contributed by atoms with Crippen LogP contribution in [-0.2, 0) is 59.8 Å². The second-order valence-corrected chi connectivity index (χ2v) is 73.8. The molecule has 670 valence electrons. The molecule has 4 saturated heterocycles. The standard InChI is InChI=1S/C46H81BrO8Si3.C32H65IO5Si3.C14H15BrO3/c1-18-22-35-28-30-37-39(50-35)41(54-57(14,15)45(6,7)8)42(55-58(16,17)46(9,10)11)40(52-37)38(53-56(12,13)44(3,4)5)29-26-34(48)25-27-36(31-32(2)47)51-43(49)33-23-20-19-21-24-33;1-17-18-23-19-20-24-26(34-23)28(37-40(13,14)31(5,6)7)29(38-41(15,16)32(8,9)10)27(35-24)25(21-22-33)36-39(11,12)30(2,3)4;1-11(15)10-13(8-5-9-16)18-14(17)12-6-3-2-4-7-12/h19-21,23-24,26,29,34-42,48H,2,18,22,25,27-28,30-31H2,1,3-17H3;21-29H,17-20H2,1-16H3;2-4,6-7,9,13H,1,5,8,10H2/b29-26+;22-21+;/t34?,35-,36+,37-,38-,39-,40-,41-,42+;23-,24-,25-,26-,27-,28-,29+;13-/m001/s1. The van der Waals surface area contributed by atoms with Crippen LogP contribution in [0, 0.1) is 0 Å². The summed E-state index contributed by atoms with van der Waals surface area (Å²) in [6.07, 6.45) is 12.9. The fraction of sp³-hybridized carbons (Fsp3) is 0.750. The molecule has 0 amide bonds. The molecule has 4 aliphatic rings. The molecule has 0 aliphatic carbocycles. The number of hydrogen-bond acceptors (Lipinski definition) is 16. The predicted molar refractivity (Wildman–Crippen MR) is 515 cm³/mol. The number of carbonyl (C=O) groups excluding carboxylic acids is 3. The largest absolute Gasteiger partial charge is 0.458 e. The second-order valence-electron chi connectivity index (χ2n) is 42.3. The van der Waals surface area contributed by atoms with Gasteiger partial charge in [0.1, 0.15) is 67.3 Å². The van der Waals surface area contributed by atoms with E-state index in [9.17, 15) is 19.5 Å². The molecule has 1 N–H and O–H groups in total. The van der Waals surface area contributed by atoms with Crippen LogP contribution in [0.4, 0.5) is 0 Å². The van der Waals surface area contributed by atoms with Gasteiger partial charge in [-0.25, -0.2) is 9.59 Å². The summed E-state index contributed by atoms with van der Waals surface area (Å²) in [6, 6.07) is 17.8. The number of carbonyl (C=O) groups is 3. The van der Waals surface area contributed by atoms with E-state index in [0.29, 0.717) is 49.7 Å². The Morgan fingerprint density at radius 1 is 0.470 bits per heavy atom. The number of hydrogen-bond donors (Lipinski definition) is 1. The van der Waals surface area contributed by atoms with Gasteiger partial charge in [0, 0.05) is 19.3 Å². The van der Waals surface area contributed by atoms with Crippen molar-refractivity contribution in [3.8, 4) is 0 Å². The summed E-state index contributed by atoms with van der Waals surface area (Å²) < 4.78 is 87.7. The third-order valence-electron chi connectivity index (χ3n) is 26.5. The molecule has 25 heteroatoms. The molecule has 16 nitrogen and oxygen atoms in total. The van der Waals surface area contributed by atoms with Crippen LogP contribution in [0.25, 0.3) is 0 Å². The summed E-state index contributed by atoms with van der Waals surface area (Å²) in [4.78, 5) is 35.2. The van der Waals surface area contributed by atoms with Crippen LogP contribution in [0.5, 0.6) is 0 Å². The van der Waals surface area contributed by atoms with Crippen LogP contribution < -0.4 is 0 Å². The Morgan fingerprint density at radius 2 is 0.786 bits per heavy atom. The Kier molecular flexibility index (Phi) is 41.8. The molecular weight excluding hydrogens is 1820 g/mol. The first-order valence-electron chi connectivity index (χ1n) is 43.5. The maximum atomic E-state index is 13.0. The van der Waals surface area contributed by atoms with Gasteiger partial charge in [-0.15, -0.1) is 0 Å². The Morgan fingerprint density at radius 3 is 1.09 bits per heavy atom. The number of aldehydes is 1. The first kappa shape index (κ1) is 108. The molecule has 0 spiro atoms. The quantitative estimate of drug-likeness (QED) is 0.0226. The van der Waals surface area contributed by atoms with Gasteiger partial charge in [-0.05, 0) is 210 Å². The van der Waals surface area contributed by atoms with Crippen LogP contribution in [0.3, 0.4) is 0 Å². The third kappa shape index (κ3) is 32.4. The van der Waals surface area contributed by atoms with Gasteiger partial charge < -0.3 is 64.9 Å². The van der Waals surface area contributed by atoms with Gasteiger partial charge >= 0.3 is 11.9 Å². The van der Waals surface area contributed by atoms with E-state index in [1.165, 1.54) is 0 Å². The van der Waals surface area contributed by atoms with E-state index in [-0.39, 0.29) is 109 Å². The summed E-state index contributed by atoms with van der Waals surface area (Å²) >= 11 is 9.02. The van der Waals surface area contributed by atoms with E-state index >= 15 is 0 Å². The van der Waals surface area contributed by atoms with E-state index in [1.807, 2.05) is 36.4 Å². The Labute approximate surface area is 748 Å². The molecule has 4 fully saturated rings. The number of fused-ring (bicyclic) bond motifs is 2. The maximum Gasteiger partial charge on any atom is 0.338 e. The van der Waals surface area contributed by atoms with Crippen LogP contribution in [0.2, 0.25) is 109 Å². The zero-order valence-electron chi connectivity index (χ0n) is 78.5. The zero-order chi connectivity index (χ0) is 89.3. The van der Waals surface area contributed by atoms with E-state index in [2.05, 4.69) is 295 Å². The average Bonchev–Trinajstić information content (AvgIpc) is 0.748. The third-order valence-corrected chi connectivity index (χ3v) is 54.4. The van der Waals surface area contributed by atoms with Gasteiger partial charge in [0.05, 0.1) is 53.9 Å². The van der Waals surface area contributed by atoms with Gasteiger partial charge in [-0.1, -0.05) is 267 Å². The second kappa shape index (κ2) is 45.3. The minimum absolute atomic E-state index is 0.0322. The van der Waals surface area contributed by atoms with Crippen LogP contribution in [-0.4, -0.2) is 177 Å². The fourth-order valence-corrected chi connectivity index (χ4v) is 22.0. The maximum absolute atomic E-state index is 13.0. The highest BCUT2D eigenvalue weighted by atomic mass is 127. The molecule has 0 saturated carbocycles. The van der Waals surface area contributed by atoms with E-state index in [0.717, 1.165) is 66.6 Å². The van der Waals surface area contributed by atoms with Crippen molar-refractivity contribution in [1.29, 1.82) is 0 Å². The molecule has 0 radical (unpaired) electrons. The van der Waals surface area contributed by atoms with Crippen molar-refractivity contribution in [1.82, 2.24) is 0 Å². The molecule has 0 aromatic heterocycles. The first-order valence-corrected chi connectivity index (χ1v) is 63.7. The van der Waals surface area contributed by atoms with Crippen molar-refractivity contribution < 1.29 is 74.5 Å². The Bertz CT molecular complexity index is 3450. The van der Waals surface area contributed by atoms with Gasteiger partial charge in [-0.3, -0.25) is 0 Å². The summed E-state index contributed by atoms with van der Waals surface area (Å²) in [5, 5.41) is 11.6. The lowest BCUT2D eigenvalue weighted by Gasteiger charge is -2.56. The number of halogens is 3. The molecular formula is C92H161Br2IO16Si6. The number of rotatable bonds is 35. The average molecular weight is 1980 g/mol. The topological polar surface area (TPSA) is 182 Å². The smallest absolute Gasteiger partial charge is 0.338 e. The number of aliphatic hydroxyl groups is 1. The van der Waals surface area contributed by atoms with Crippen molar-refractivity contribution in [2.24, 2.45) is 0 Å². The zero-order valence-corrected chi connectivity index (χ0v) is 89.8. The molecule has 117 heavy (non-hydrogen) atoms. The van der Waals surface area contributed by atoms with E-state index < -0.39 is 86.4 Å². The number of ether oxygens (including phenoxy) is 6. The summed E-state index contributed by atoms with van der Waals surface area (Å²) in [6.45, 7) is 81.2. The van der Waals surface area contributed by atoms with Crippen LogP contribution in [0.15, 0.2) is 105 Å². The molecule has 0 bridgehead atoms. The van der Waals surface area contributed by atoms with Crippen molar-refractivity contribution >= 4 is 123 Å². The minimum Gasteiger partial charge on any atom is -0.458 e. The van der Waals surface area contributed by atoms with Gasteiger partial charge in [0.25, 0.3) is 0 Å². The lowest BCUT2D eigenvalue weighted by atomic mass is 9.87. The highest BCUT2D eigenvalue weighted by molar-refractivity contribution is 14.1. The molecule has 4 aliphatic heterocycles. The molecule has 6 rings (SSSR count). The van der Waals surface area contributed by atoms with Crippen molar-refractivity contribution in [3.63, 3.8) is 0 Å². The minimum atomic E-state index is -2.42. The van der Waals surface area contributed by atoms with Crippen molar-refractivity contribution in [3.05, 3.63) is 116 Å². The molecule has 1 unspecified atom stereocenters. The van der Waals surface area contributed by atoms with Gasteiger partial charge in [0.2, 0.25) is 0 Å². The monoisotopic (exact) mass is 1970 g/mol. The fourth-order valence-electron chi connectivity index (χ4n) is 13.1. The Balaban J connectivity index is 0.000000420. The van der Waals surface area contributed by atoms with Gasteiger partial charge in [-0.2, -0.15) is 0 Å². The normalized spacial score (nSPS) is 25.0. The summed E-state index contributed by atoms with van der Waals surface area (Å²) in [5.74, 6) is -0.768.